The minimum Gasteiger partial charge on any atom is -0.378 e. The number of hydrogen-bond donors (Lipinski definition) is 1. The molecule has 3 atom stereocenters. The zero-order valence-corrected chi connectivity index (χ0v) is 12.9. The molecule has 2 aliphatic heterocycles. The Morgan fingerprint density at radius 2 is 2.00 bits per heavy atom. The predicted octanol–water partition coefficient (Wildman–Crippen LogP) is 2.80. The summed E-state index contributed by atoms with van der Waals surface area (Å²) < 4.78 is 5.85. The second-order valence-electron chi connectivity index (χ2n) is 6.37. The summed E-state index contributed by atoms with van der Waals surface area (Å²) in [4.78, 5) is 2.66. The molecular formula is C16H32N2O. The van der Waals surface area contributed by atoms with Crippen molar-refractivity contribution in [3.05, 3.63) is 0 Å². The van der Waals surface area contributed by atoms with Gasteiger partial charge < -0.3 is 15.0 Å². The van der Waals surface area contributed by atoms with E-state index >= 15 is 0 Å². The van der Waals surface area contributed by atoms with Gasteiger partial charge in [-0.25, -0.2) is 0 Å². The highest BCUT2D eigenvalue weighted by Crippen LogP contribution is 2.17. The summed E-state index contributed by atoms with van der Waals surface area (Å²) in [6.45, 7) is 9.35. The maximum Gasteiger partial charge on any atom is 0.0587 e. The molecule has 0 saturated carbocycles. The van der Waals surface area contributed by atoms with Gasteiger partial charge in [-0.3, -0.25) is 0 Å². The lowest BCUT2D eigenvalue weighted by Crippen LogP contribution is -2.44. The average molecular weight is 268 g/mol. The van der Waals surface area contributed by atoms with Crippen LogP contribution in [0.1, 0.15) is 58.8 Å². The second kappa shape index (κ2) is 8.23. The Morgan fingerprint density at radius 1 is 1.16 bits per heavy atom. The number of ether oxygens (including phenoxy) is 1. The number of nitrogens with zero attached hydrogens (tertiary/aromatic N) is 1. The highest BCUT2D eigenvalue weighted by atomic mass is 16.5. The third-order valence-corrected chi connectivity index (χ3v) is 4.73. The van der Waals surface area contributed by atoms with Crippen molar-refractivity contribution >= 4 is 0 Å². The lowest BCUT2D eigenvalue weighted by molar-refractivity contribution is 0.00480. The Kier molecular flexibility index (Phi) is 6.62. The smallest absolute Gasteiger partial charge is 0.0587 e. The summed E-state index contributed by atoms with van der Waals surface area (Å²) in [6.07, 6.45) is 9.52. The fourth-order valence-corrected chi connectivity index (χ4v) is 3.30. The van der Waals surface area contributed by atoms with Crippen LogP contribution in [0.4, 0.5) is 0 Å². The van der Waals surface area contributed by atoms with Crippen LogP contribution < -0.4 is 5.32 Å². The van der Waals surface area contributed by atoms with Crippen molar-refractivity contribution in [2.24, 2.45) is 0 Å². The van der Waals surface area contributed by atoms with E-state index in [4.69, 9.17) is 4.74 Å². The van der Waals surface area contributed by atoms with Crippen LogP contribution in [0.2, 0.25) is 0 Å². The largest absolute Gasteiger partial charge is 0.378 e. The Labute approximate surface area is 119 Å². The van der Waals surface area contributed by atoms with E-state index in [-0.39, 0.29) is 0 Å². The molecule has 3 heteroatoms. The molecular weight excluding hydrogens is 236 g/mol. The zero-order valence-electron chi connectivity index (χ0n) is 12.9. The number of rotatable bonds is 4. The summed E-state index contributed by atoms with van der Waals surface area (Å²) in [5.41, 5.74) is 0. The molecule has 2 fully saturated rings. The molecule has 0 spiro atoms. The van der Waals surface area contributed by atoms with Gasteiger partial charge in [-0.15, -0.1) is 0 Å². The molecule has 0 aromatic rings. The van der Waals surface area contributed by atoms with Crippen molar-refractivity contribution in [2.75, 3.05) is 26.2 Å². The van der Waals surface area contributed by atoms with Crippen LogP contribution in [0.5, 0.6) is 0 Å². The molecule has 2 saturated heterocycles. The SMILES string of the molecule is CCC1CCN(CCC2CCCCO2)CCC(C)N1. The lowest BCUT2D eigenvalue weighted by Gasteiger charge is -2.33. The lowest BCUT2D eigenvalue weighted by atomic mass is 10.0. The predicted molar refractivity (Wildman–Crippen MR) is 80.6 cm³/mol. The first-order chi connectivity index (χ1) is 9.28. The quantitative estimate of drug-likeness (QED) is 0.848. The molecule has 112 valence electrons. The molecule has 0 aliphatic carbocycles. The molecule has 0 bridgehead atoms. The van der Waals surface area contributed by atoms with E-state index < -0.39 is 0 Å². The van der Waals surface area contributed by atoms with Crippen molar-refractivity contribution in [3.8, 4) is 0 Å². The summed E-state index contributed by atoms with van der Waals surface area (Å²) in [5, 5.41) is 3.74. The number of nitrogens with one attached hydrogen (secondary N) is 1. The first-order valence-electron chi connectivity index (χ1n) is 8.38. The van der Waals surface area contributed by atoms with Crippen molar-refractivity contribution < 1.29 is 4.74 Å². The van der Waals surface area contributed by atoms with Gasteiger partial charge in [0, 0.05) is 25.2 Å². The normalized spacial score (nSPS) is 34.7. The van der Waals surface area contributed by atoms with Gasteiger partial charge in [0.15, 0.2) is 0 Å². The molecule has 0 aromatic heterocycles. The Bertz CT molecular complexity index is 241. The van der Waals surface area contributed by atoms with Gasteiger partial charge in [0.2, 0.25) is 0 Å². The second-order valence-corrected chi connectivity index (χ2v) is 6.37. The van der Waals surface area contributed by atoms with E-state index in [1.807, 2.05) is 0 Å². The highest BCUT2D eigenvalue weighted by molar-refractivity contribution is 4.77. The van der Waals surface area contributed by atoms with Crippen LogP contribution in [-0.2, 0) is 4.74 Å². The van der Waals surface area contributed by atoms with E-state index in [0.717, 1.165) is 6.61 Å². The molecule has 3 unspecified atom stereocenters. The Balaban J connectivity index is 1.72. The molecule has 2 aliphatic rings. The standard InChI is InChI=1S/C16H32N2O/c1-3-15-8-11-18(10-7-14(2)17-15)12-9-16-6-4-5-13-19-16/h14-17H,3-13H2,1-2H3. The molecule has 2 rings (SSSR count). The topological polar surface area (TPSA) is 24.5 Å². The Morgan fingerprint density at radius 3 is 2.74 bits per heavy atom. The monoisotopic (exact) mass is 268 g/mol. The molecule has 0 radical (unpaired) electrons. The fourth-order valence-electron chi connectivity index (χ4n) is 3.30. The van der Waals surface area contributed by atoms with Crippen LogP contribution >= 0.6 is 0 Å². The van der Waals surface area contributed by atoms with E-state index in [0.29, 0.717) is 18.2 Å². The minimum absolute atomic E-state index is 0.539. The summed E-state index contributed by atoms with van der Waals surface area (Å²) in [6, 6.07) is 1.38. The van der Waals surface area contributed by atoms with Crippen molar-refractivity contribution in [1.29, 1.82) is 0 Å². The van der Waals surface area contributed by atoms with E-state index in [2.05, 4.69) is 24.1 Å². The Hall–Kier alpha value is -0.120. The summed E-state index contributed by atoms with van der Waals surface area (Å²) >= 11 is 0. The van der Waals surface area contributed by atoms with Gasteiger partial charge >= 0.3 is 0 Å². The fraction of sp³-hybridized carbons (Fsp3) is 1.00. The average Bonchev–Trinajstić information content (AvgIpc) is 2.43. The molecule has 19 heavy (non-hydrogen) atoms. The number of hydrogen-bond acceptors (Lipinski definition) is 3. The van der Waals surface area contributed by atoms with Crippen LogP contribution in [0, 0.1) is 0 Å². The first kappa shape index (κ1) is 15.3. The molecule has 3 nitrogen and oxygen atoms in total. The summed E-state index contributed by atoms with van der Waals surface area (Å²) in [7, 11) is 0. The van der Waals surface area contributed by atoms with Crippen molar-refractivity contribution in [2.45, 2.75) is 77.0 Å². The van der Waals surface area contributed by atoms with Gasteiger partial charge in [-0.05, 0) is 65.0 Å². The first-order valence-corrected chi connectivity index (χ1v) is 8.38. The van der Waals surface area contributed by atoms with E-state index in [1.54, 1.807) is 0 Å². The van der Waals surface area contributed by atoms with Gasteiger partial charge in [-0.2, -0.15) is 0 Å². The molecule has 1 N–H and O–H groups in total. The van der Waals surface area contributed by atoms with Crippen molar-refractivity contribution in [1.82, 2.24) is 10.2 Å². The van der Waals surface area contributed by atoms with Gasteiger partial charge in [0.25, 0.3) is 0 Å². The third-order valence-electron chi connectivity index (χ3n) is 4.73. The van der Waals surface area contributed by atoms with Crippen LogP contribution in [0.15, 0.2) is 0 Å². The van der Waals surface area contributed by atoms with Crippen molar-refractivity contribution in [3.63, 3.8) is 0 Å². The van der Waals surface area contributed by atoms with Crippen LogP contribution in [0.3, 0.4) is 0 Å². The minimum atomic E-state index is 0.539. The maximum absolute atomic E-state index is 5.85. The zero-order chi connectivity index (χ0) is 13.5. The molecule has 0 amide bonds. The van der Waals surface area contributed by atoms with Gasteiger partial charge in [-0.1, -0.05) is 6.92 Å². The van der Waals surface area contributed by atoms with Gasteiger partial charge in [0.1, 0.15) is 0 Å². The van der Waals surface area contributed by atoms with E-state index in [1.165, 1.54) is 64.6 Å². The van der Waals surface area contributed by atoms with E-state index in [9.17, 15) is 0 Å². The highest BCUT2D eigenvalue weighted by Gasteiger charge is 2.19. The van der Waals surface area contributed by atoms with Crippen LogP contribution in [0.25, 0.3) is 0 Å². The maximum atomic E-state index is 5.85. The summed E-state index contributed by atoms with van der Waals surface area (Å²) in [5.74, 6) is 0. The van der Waals surface area contributed by atoms with Gasteiger partial charge in [0.05, 0.1) is 6.10 Å². The molecule has 0 aromatic carbocycles. The van der Waals surface area contributed by atoms with Crippen LogP contribution in [-0.4, -0.2) is 49.3 Å². The molecule has 2 heterocycles. The third kappa shape index (κ3) is 5.41.